The molecule has 0 aromatic heterocycles. The van der Waals surface area contributed by atoms with Crippen LogP contribution in [0.2, 0.25) is 0 Å². The summed E-state index contributed by atoms with van der Waals surface area (Å²) < 4.78 is 31.5. The molecule has 1 aromatic carbocycles. The normalized spacial score (nSPS) is 12.7. The van der Waals surface area contributed by atoms with E-state index in [4.69, 9.17) is 4.74 Å². The fourth-order valence-electron chi connectivity index (χ4n) is 1.83. The lowest BCUT2D eigenvalue weighted by atomic mass is 10.1. The minimum atomic E-state index is -0.791. The van der Waals surface area contributed by atoms with Crippen LogP contribution in [0.3, 0.4) is 0 Å². The van der Waals surface area contributed by atoms with Gasteiger partial charge < -0.3 is 10.1 Å². The number of unbranched alkanes of at least 4 members (excludes halogenated alkanes) is 2. The molecule has 1 aromatic rings. The summed E-state index contributed by atoms with van der Waals surface area (Å²) in [6.07, 6.45) is 3.10. The Morgan fingerprint density at radius 2 is 2.00 bits per heavy atom. The van der Waals surface area contributed by atoms with Crippen molar-refractivity contribution in [1.82, 2.24) is 5.32 Å². The van der Waals surface area contributed by atoms with E-state index >= 15 is 0 Å². The van der Waals surface area contributed by atoms with Crippen LogP contribution in [0.4, 0.5) is 8.78 Å². The zero-order valence-corrected chi connectivity index (χ0v) is 11.0. The molecule has 0 aliphatic heterocycles. The molecule has 1 unspecified atom stereocenters. The Bertz CT molecular complexity index is 358. The van der Waals surface area contributed by atoms with Crippen LogP contribution < -0.4 is 5.32 Å². The largest absolute Gasteiger partial charge is 0.385 e. The summed E-state index contributed by atoms with van der Waals surface area (Å²) in [4.78, 5) is 0. The number of hydrogen-bond acceptors (Lipinski definition) is 2. The first-order valence-electron chi connectivity index (χ1n) is 6.33. The third-order valence-corrected chi connectivity index (χ3v) is 2.92. The maximum absolute atomic E-state index is 13.5. The van der Waals surface area contributed by atoms with E-state index in [0.717, 1.165) is 38.5 Å². The second-order valence-electron chi connectivity index (χ2n) is 4.37. The Morgan fingerprint density at radius 1 is 1.22 bits per heavy atom. The van der Waals surface area contributed by atoms with Gasteiger partial charge in [-0.25, -0.2) is 8.78 Å². The molecule has 0 aliphatic carbocycles. The summed E-state index contributed by atoms with van der Waals surface area (Å²) in [5.41, 5.74) is 0.381. The zero-order valence-electron chi connectivity index (χ0n) is 11.0. The lowest BCUT2D eigenvalue weighted by Gasteiger charge is -2.15. The molecule has 0 fully saturated rings. The predicted molar refractivity (Wildman–Crippen MR) is 68.5 cm³/mol. The fraction of sp³-hybridized carbons (Fsp3) is 0.571. The van der Waals surface area contributed by atoms with Crippen LogP contribution in [0.25, 0.3) is 0 Å². The summed E-state index contributed by atoms with van der Waals surface area (Å²) in [7, 11) is 1.69. The van der Waals surface area contributed by atoms with Crippen molar-refractivity contribution in [3.05, 3.63) is 35.4 Å². The molecule has 0 spiro atoms. The summed E-state index contributed by atoms with van der Waals surface area (Å²) in [5.74, 6) is -1.54. The van der Waals surface area contributed by atoms with E-state index in [0.29, 0.717) is 5.56 Å². The maximum atomic E-state index is 13.5. The van der Waals surface area contributed by atoms with Gasteiger partial charge in [0.1, 0.15) is 0 Å². The van der Waals surface area contributed by atoms with Gasteiger partial charge in [0.2, 0.25) is 0 Å². The average molecular weight is 257 g/mol. The third kappa shape index (κ3) is 4.70. The van der Waals surface area contributed by atoms with Gasteiger partial charge in [0.25, 0.3) is 0 Å². The van der Waals surface area contributed by atoms with Crippen LogP contribution >= 0.6 is 0 Å². The quantitative estimate of drug-likeness (QED) is 0.720. The molecule has 0 bridgehead atoms. The van der Waals surface area contributed by atoms with Crippen LogP contribution in [-0.4, -0.2) is 20.3 Å². The Kier molecular flexibility index (Phi) is 6.83. The third-order valence-electron chi connectivity index (χ3n) is 2.92. The number of halogens is 2. The van der Waals surface area contributed by atoms with Crippen molar-refractivity contribution in [3.8, 4) is 0 Å². The minimum absolute atomic E-state index is 0.178. The number of ether oxygens (including phenoxy) is 1. The van der Waals surface area contributed by atoms with Crippen molar-refractivity contribution >= 4 is 0 Å². The molecule has 1 atom stereocenters. The van der Waals surface area contributed by atoms with Crippen molar-refractivity contribution in [3.63, 3.8) is 0 Å². The van der Waals surface area contributed by atoms with Crippen LogP contribution in [0, 0.1) is 11.6 Å². The van der Waals surface area contributed by atoms with E-state index in [1.807, 2.05) is 6.92 Å². The van der Waals surface area contributed by atoms with Gasteiger partial charge in [-0.2, -0.15) is 0 Å². The maximum Gasteiger partial charge on any atom is 0.163 e. The van der Waals surface area contributed by atoms with Gasteiger partial charge in [-0.15, -0.1) is 0 Å². The first kappa shape index (κ1) is 15.1. The molecule has 0 saturated heterocycles. The smallest absolute Gasteiger partial charge is 0.163 e. The van der Waals surface area contributed by atoms with Gasteiger partial charge in [-0.1, -0.05) is 12.1 Å². The Morgan fingerprint density at radius 3 is 2.72 bits per heavy atom. The van der Waals surface area contributed by atoms with E-state index in [1.165, 1.54) is 6.07 Å². The summed E-state index contributed by atoms with van der Waals surface area (Å²) in [6.45, 7) is 3.40. The molecule has 1 N–H and O–H groups in total. The standard InChI is InChI=1S/C14H21F2NO/c1-11(17-9-4-3-5-10-18-2)12-7-6-8-13(15)14(12)16/h6-8,11,17H,3-5,9-10H2,1-2H3. The van der Waals surface area contributed by atoms with E-state index in [-0.39, 0.29) is 6.04 Å². The number of hydrogen-bond donors (Lipinski definition) is 1. The van der Waals surface area contributed by atoms with Crippen molar-refractivity contribution in [2.24, 2.45) is 0 Å². The topological polar surface area (TPSA) is 21.3 Å². The molecule has 4 heteroatoms. The second kappa shape index (κ2) is 8.16. The predicted octanol–water partition coefficient (Wildman–Crippen LogP) is 3.43. The monoisotopic (exact) mass is 257 g/mol. The Balaban J connectivity index is 2.32. The van der Waals surface area contributed by atoms with Gasteiger partial charge in [0.15, 0.2) is 11.6 Å². The van der Waals surface area contributed by atoms with E-state index in [2.05, 4.69) is 5.32 Å². The highest BCUT2D eigenvalue weighted by atomic mass is 19.2. The van der Waals surface area contributed by atoms with Crippen LogP contribution in [0.15, 0.2) is 18.2 Å². The molecule has 0 radical (unpaired) electrons. The van der Waals surface area contributed by atoms with Gasteiger partial charge in [0, 0.05) is 25.3 Å². The van der Waals surface area contributed by atoms with Crippen LogP contribution in [-0.2, 0) is 4.74 Å². The Hall–Kier alpha value is -1.00. The molecular weight excluding hydrogens is 236 g/mol. The molecule has 18 heavy (non-hydrogen) atoms. The van der Waals surface area contributed by atoms with Crippen molar-refractivity contribution in [1.29, 1.82) is 0 Å². The SMILES string of the molecule is COCCCCCNC(C)c1cccc(F)c1F. The molecule has 1 rings (SSSR count). The van der Waals surface area contributed by atoms with Gasteiger partial charge in [0.05, 0.1) is 0 Å². The van der Waals surface area contributed by atoms with Crippen molar-refractivity contribution in [2.75, 3.05) is 20.3 Å². The molecule has 2 nitrogen and oxygen atoms in total. The molecule has 0 heterocycles. The number of benzene rings is 1. The first-order chi connectivity index (χ1) is 8.66. The van der Waals surface area contributed by atoms with Crippen molar-refractivity contribution in [2.45, 2.75) is 32.2 Å². The van der Waals surface area contributed by atoms with E-state index in [1.54, 1.807) is 13.2 Å². The van der Waals surface area contributed by atoms with Gasteiger partial charge in [-0.3, -0.25) is 0 Å². The second-order valence-corrected chi connectivity index (χ2v) is 4.37. The minimum Gasteiger partial charge on any atom is -0.385 e. The molecular formula is C14H21F2NO. The molecule has 0 saturated carbocycles. The average Bonchev–Trinajstić information content (AvgIpc) is 2.36. The molecule has 0 amide bonds. The Labute approximate surface area is 107 Å². The molecule has 0 aliphatic rings. The van der Waals surface area contributed by atoms with E-state index in [9.17, 15) is 8.78 Å². The van der Waals surface area contributed by atoms with Gasteiger partial charge >= 0.3 is 0 Å². The van der Waals surface area contributed by atoms with Crippen LogP contribution in [0.1, 0.15) is 37.8 Å². The first-order valence-corrected chi connectivity index (χ1v) is 6.33. The molecule has 102 valence electrons. The van der Waals surface area contributed by atoms with Gasteiger partial charge in [-0.05, 0) is 38.8 Å². The van der Waals surface area contributed by atoms with Crippen LogP contribution in [0.5, 0.6) is 0 Å². The highest BCUT2D eigenvalue weighted by Crippen LogP contribution is 2.18. The number of methoxy groups -OCH3 is 1. The zero-order chi connectivity index (χ0) is 13.4. The highest BCUT2D eigenvalue weighted by molar-refractivity contribution is 5.21. The van der Waals surface area contributed by atoms with Crippen molar-refractivity contribution < 1.29 is 13.5 Å². The highest BCUT2D eigenvalue weighted by Gasteiger charge is 2.13. The number of nitrogens with one attached hydrogen (secondary N) is 1. The lowest BCUT2D eigenvalue weighted by molar-refractivity contribution is 0.192. The number of rotatable bonds is 8. The summed E-state index contributed by atoms with van der Waals surface area (Å²) in [5, 5.41) is 3.20. The fourth-order valence-corrected chi connectivity index (χ4v) is 1.83. The summed E-state index contributed by atoms with van der Waals surface area (Å²) >= 11 is 0. The lowest BCUT2D eigenvalue weighted by Crippen LogP contribution is -2.21. The summed E-state index contributed by atoms with van der Waals surface area (Å²) in [6, 6.07) is 4.10. The van der Waals surface area contributed by atoms with E-state index < -0.39 is 11.6 Å².